The van der Waals surface area contributed by atoms with E-state index >= 15 is 0 Å². The third kappa shape index (κ3) is 4.08. The minimum Gasteiger partial charge on any atom is -0.475 e. The lowest BCUT2D eigenvalue weighted by molar-refractivity contribution is 0.0663. The molecule has 1 amide bonds. The van der Waals surface area contributed by atoms with Gasteiger partial charge < -0.3 is 14.8 Å². The number of amides is 1. The molecule has 2 N–H and O–H groups in total. The molecule has 0 aliphatic rings. The molecule has 0 saturated carbocycles. The monoisotopic (exact) mass is 363 g/mol. The summed E-state index contributed by atoms with van der Waals surface area (Å²) in [5.41, 5.74) is 4.10. The summed E-state index contributed by atoms with van der Waals surface area (Å²) in [4.78, 5) is 23.4. The molecule has 1 heterocycles. The molecule has 0 unspecified atom stereocenters. The first-order valence-corrected chi connectivity index (χ1v) is 8.70. The number of aryl methyl sites for hydroxylation is 1. The third-order valence-electron chi connectivity index (χ3n) is 4.41. The van der Waals surface area contributed by atoms with E-state index in [1.807, 2.05) is 37.3 Å². The molecule has 3 rings (SSSR count). The molecular formula is C22H21NO4. The molecule has 3 aromatic rings. The molecule has 0 atom stereocenters. The maximum Gasteiger partial charge on any atom is 0.371 e. The summed E-state index contributed by atoms with van der Waals surface area (Å²) in [5, 5.41) is 11.9. The fourth-order valence-electron chi connectivity index (χ4n) is 2.84. The lowest BCUT2D eigenvalue weighted by atomic mass is 10.0. The van der Waals surface area contributed by atoms with Crippen LogP contribution in [0, 0.1) is 6.92 Å². The molecule has 0 radical (unpaired) electrons. The average molecular weight is 363 g/mol. The lowest BCUT2D eigenvalue weighted by Crippen LogP contribution is -2.12. The predicted molar refractivity (Wildman–Crippen MR) is 104 cm³/mol. The molecular weight excluding hydrogens is 342 g/mol. The van der Waals surface area contributed by atoms with Crippen LogP contribution in [0.25, 0.3) is 11.3 Å². The van der Waals surface area contributed by atoms with Gasteiger partial charge in [0.25, 0.3) is 5.91 Å². The number of benzene rings is 2. The second-order valence-corrected chi connectivity index (χ2v) is 6.73. The van der Waals surface area contributed by atoms with Crippen LogP contribution in [0.3, 0.4) is 0 Å². The molecule has 0 bridgehead atoms. The van der Waals surface area contributed by atoms with Gasteiger partial charge >= 0.3 is 5.97 Å². The van der Waals surface area contributed by atoms with Crippen molar-refractivity contribution in [3.63, 3.8) is 0 Å². The van der Waals surface area contributed by atoms with Crippen LogP contribution in [0.4, 0.5) is 5.69 Å². The van der Waals surface area contributed by atoms with Gasteiger partial charge in [0.1, 0.15) is 5.76 Å². The molecule has 0 aliphatic heterocycles. The number of aromatic carboxylic acids is 1. The SMILES string of the molecule is Cc1cc(NC(=O)c2ccc(C(C)C)cc2)ccc1-c1ccc(C(=O)O)o1. The van der Waals surface area contributed by atoms with E-state index in [0.29, 0.717) is 22.9 Å². The highest BCUT2D eigenvalue weighted by Gasteiger charge is 2.13. The number of carbonyl (C=O) groups is 2. The number of hydrogen-bond donors (Lipinski definition) is 2. The number of carbonyl (C=O) groups excluding carboxylic acids is 1. The van der Waals surface area contributed by atoms with E-state index in [1.54, 1.807) is 18.2 Å². The Morgan fingerprint density at radius 1 is 1.00 bits per heavy atom. The Balaban J connectivity index is 1.76. The summed E-state index contributed by atoms with van der Waals surface area (Å²) in [6, 6.07) is 16.0. The van der Waals surface area contributed by atoms with Crippen LogP contribution in [-0.2, 0) is 0 Å². The lowest BCUT2D eigenvalue weighted by Gasteiger charge is -2.10. The fraction of sp³-hybridized carbons (Fsp3) is 0.182. The highest BCUT2D eigenvalue weighted by molar-refractivity contribution is 6.04. The van der Waals surface area contributed by atoms with Crippen molar-refractivity contribution in [1.82, 2.24) is 0 Å². The van der Waals surface area contributed by atoms with Crippen molar-refractivity contribution < 1.29 is 19.1 Å². The summed E-state index contributed by atoms with van der Waals surface area (Å²) in [7, 11) is 0. The predicted octanol–water partition coefficient (Wildman–Crippen LogP) is 5.33. The van der Waals surface area contributed by atoms with Crippen molar-refractivity contribution in [2.24, 2.45) is 0 Å². The number of carboxylic acids is 1. The van der Waals surface area contributed by atoms with Crippen molar-refractivity contribution in [2.75, 3.05) is 5.32 Å². The summed E-state index contributed by atoms with van der Waals surface area (Å²) < 4.78 is 5.35. The van der Waals surface area contributed by atoms with Crippen LogP contribution in [0.2, 0.25) is 0 Å². The topological polar surface area (TPSA) is 79.5 Å². The molecule has 0 aliphatic carbocycles. The largest absolute Gasteiger partial charge is 0.475 e. The standard InChI is InChI=1S/C22H21NO4/c1-13(2)15-4-6-16(7-5-15)21(24)23-17-8-9-18(14(3)12-17)19-10-11-20(27-19)22(25)26/h4-13H,1-3H3,(H,23,24)(H,25,26). The zero-order chi connectivity index (χ0) is 19.6. The summed E-state index contributed by atoms with van der Waals surface area (Å²) >= 11 is 0. The van der Waals surface area contributed by atoms with E-state index < -0.39 is 5.97 Å². The van der Waals surface area contributed by atoms with Gasteiger partial charge in [-0.3, -0.25) is 4.79 Å². The van der Waals surface area contributed by atoms with E-state index in [4.69, 9.17) is 9.52 Å². The highest BCUT2D eigenvalue weighted by Crippen LogP contribution is 2.28. The number of anilines is 1. The Morgan fingerprint density at radius 2 is 1.70 bits per heavy atom. The van der Waals surface area contributed by atoms with Crippen molar-refractivity contribution in [3.05, 3.63) is 77.0 Å². The first-order valence-electron chi connectivity index (χ1n) is 8.70. The Kier molecular flexibility index (Phi) is 5.12. The van der Waals surface area contributed by atoms with E-state index in [2.05, 4.69) is 19.2 Å². The summed E-state index contributed by atoms with van der Waals surface area (Å²) in [6.07, 6.45) is 0. The second-order valence-electron chi connectivity index (χ2n) is 6.73. The van der Waals surface area contributed by atoms with Gasteiger partial charge in [0.05, 0.1) is 0 Å². The van der Waals surface area contributed by atoms with Gasteiger partial charge in [-0.05, 0) is 66.4 Å². The van der Waals surface area contributed by atoms with E-state index in [0.717, 1.165) is 11.1 Å². The van der Waals surface area contributed by atoms with E-state index in [-0.39, 0.29) is 11.7 Å². The molecule has 0 spiro atoms. The number of nitrogens with one attached hydrogen (secondary N) is 1. The Labute approximate surface area is 157 Å². The maximum absolute atomic E-state index is 12.4. The number of rotatable bonds is 5. The van der Waals surface area contributed by atoms with Crippen molar-refractivity contribution in [1.29, 1.82) is 0 Å². The van der Waals surface area contributed by atoms with Gasteiger partial charge in [0, 0.05) is 16.8 Å². The second kappa shape index (κ2) is 7.50. The van der Waals surface area contributed by atoms with Crippen LogP contribution in [0.5, 0.6) is 0 Å². The smallest absolute Gasteiger partial charge is 0.371 e. The third-order valence-corrected chi connectivity index (χ3v) is 4.41. The minimum absolute atomic E-state index is 0.105. The first kappa shape index (κ1) is 18.5. The van der Waals surface area contributed by atoms with Crippen LogP contribution < -0.4 is 5.32 Å². The van der Waals surface area contributed by atoms with E-state index in [1.165, 1.54) is 11.6 Å². The number of hydrogen-bond acceptors (Lipinski definition) is 3. The van der Waals surface area contributed by atoms with Crippen LogP contribution in [0.1, 0.15) is 51.8 Å². The van der Waals surface area contributed by atoms with Crippen LogP contribution in [-0.4, -0.2) is 17.0 Å². The summed E-state index contributed by atoms with van der Waals surface area (Å²) in [5.74, 6) is -0.492. The van der Waals surface area contributed by atoms with Crippen LogP contribution in [0.15, 0.2) is 59.0 Å². The summed E-state index contributed by atoms with van der Waals surface area (Å²) in [6.45, 7) is 6.10. The van der Waals surface area contributed by atoms with E-state index in [9.17, 15) is 9.59 Å². The van der Waals surface area contributed by atoms with Crippen molar-refractivity contribution in [3.8, 4) is 11.3 Å². The Morgan fingerprint density at radius 3 is 2.26 bits per heavy atom. The van der Waals surface area contributed by atoms with Gasteiger partial charge in [0.2, 0.25) is 5.76 Å². The molecule has 0 saturated heterocycles. The zero-order valence-corrected chi connectivity index (χ0v) is 15.4. The molecule has 5 heteroatoms. The van der Waals surface area contributed by atoms with Gasteiger partial charge in [-0.15, -0.1) is 0 Å². The van der Waals surface area contributed by atoms with Gasteiger partial charge in [0.15, 0.2) is 0 Å². The molecule has 5 nitrogen and oxygen atoms in total. The van der Waals surface area contributed by atoms with Gasteiger partial charge in [-0.1, -0.05) is 26.0 Å². The quantitative estimate of drug-likeness (QED) is 0.642. The molecule has 0 fully saturated rings. The molecule has 2 aromatic carbocycles. The molecule has 138 valence electrons. The van der Waals surface area contributed by atoms with Gasteiger partial charge in [-0.2, -0.15) is 0 Å². The Hall–Kier alpha value is -3.34. The maximum atomic E-state index is 12.4. The average Bonchev–Trinajstić information content (AvgIpc) is 3.12. The molecule has 27 heavy (non-hydrogen) atoms. The first-order chi connectivity index (χ1) is 12.8. The number of furan rings is 1. The van der Waals surface area contributed by atoms with Crippen molar-refractivity contribution >= 4 is 17.6 Å². The van der Waals surface area contributed by atoms with Crippen molar-refractivity contribution in [2.45, 2.75) is 26.7 Å². The fourth-order valence-corrected chi connectivity index (χ4v) is 2.84. The van der Waals surface area contributed by atoms with Gasteiger partial charge in [-0.25, -0.2) is 4.79 Å². The number of carboxylic acid groups (broad SMARTS) is 1. The highest BCUT2D eigenvalue weighted by atomic mass is 16.4. The Bertz CT molecular complexity index is 984. The zero-order valence-electron chi connectivity index (χ0n) is 15.4. The minimum atomic E-state index is -1.11. The van der Waals surface area contributed by atoms with Crippen LogP contribution >= 0.6 is 0 Å². The molecule has 1 aromatic heterocycles. The normalized spacial score (nSPS) is 10.8.